The van der Waals surface area contributed by atoms with E-state index < -0.39 is 33.7 Å². The summed E-state index contributed by atoms with van der Waals surface area (Å²) < 4.78 is 46.9. The number of carbonyl (C=O) groups is 1. The van der Waals surface area contributed by atoms with Crippen LogP contribution in [0.15, 0.2) is 0 Å². The maximum atomic E-state index is 13.1. The van der Waals surface area contributed by atoms with Gasteiger partial charge in [0.05, 0.1) is 0 Å². The van der Waals surface area contributed by atoms with E-state index >= 15 is 0 Å². The standard InChI is InChI=1S/C13H20F3I2NO3/c1-7(19-18)10(17)11(20)22-9-6-4-3-5-8(9)12(2,21)13(14,15)16/h7-10,19,21H,3-6H2,1-2H3. The molecule has 130 valence electrons. The van der Waals surface area contributed by atoms with Gasteiger partial charge in [0.2, 0.25) is 0 Å². The van der Waals surface area contributed by atoms with Gasteiger partial charge in [0.25, 0.3) is 0 Å². The highest BCUT2D eigenvalue weighted by atomic mass is 127. The summed E-state index contributed by atoms with van der Waals surface area (Å²) in [6, 6.07) is -0.168. The summed E-state index contributed by atoms with van der Waals surface area (Å²) in [5.74, 6) is -1.68. The molecule has 0 aromatic heterocycles. The molecule has 1 rings (SSSR count). The summed E-state index contributed by atoms with van der Waals surface area (Å²) in [6.07, 6.45) is -3.84. The molecule has 5 atom stereocenters. The number of carbonyl (C=O) groups excluding carboxylic acids is 1. The fourth-order valence-electron chi connectivity index (χ4n) is 2.56. The molecule has 2 N–H and O–H groups in total. The number of ether oxygens (including phenoxy) is 1. The first-order valence-electron chi connectivity index (χ1n) is 7.02. The predicted molar refractivity (Wildman–Crippen MR) is 92.9 cm³/mol. The first-order valence-corrected chi connectivity index (χ1v) is 9.34. The number of halogens is 5. The molecule has 1 aliphatic rings. The average molecular weight is 549 g/mol. The molecule has 0 aromatic rings. The Morgan fingerprint density at radius 1 is 1.36 bits per heavy atom. The van der Waals surface area contributed by atoms with E-state index in [0.717, 1.165) is 6.92 Å². The fraction of sp³-hybridized carbons (Fsp3) is 0.923. The van der Waals surface area contributed by atoms with Crippen LogP contribution in [0.4, 0.5) is 13.2 Å². The van der Waals surface area contributed by atoms with Gasteiger partial charge in [-0.3, -0.25) is 8.32 Å². The Hall–Kier alpha value is 0.640. The first-order chi connectivity index (χ1) is 10.0. The Labute approximate surface area is 155 Å². The second kappa shape index (κ2) is 8.15. The second-order valence-corrected chi connectivity index (χ2v) is 7.78. The van der Waals surface area contributed by atoms with E-state index in [0.29, 0.717) is 19.3 Å². The Kier molecular flexibility index (Phi) is 7.66. The maximum Gasteiger partial charge on any atom is 0.417 e. The lowest BCUT2D eigenvalue weighted by molar-refractivity contribution is -0.285. The van der Waals surface area contributed by atoms with Crippen molar-refractivity contribution in [2.45, 2.75) is 67.4 Å². The maximum absolute atomic E-state index is 13.1. The minimum Gasteiger partial charge on any atom is -0.461 e. The third-order valence-corrected chi connectivity index (χ3v) is 6.67. The Morgan fingerprint density at radius 3 is 2.41 bits per heavy atom. The number of hydrogen-bond acceptors (Lipinski definition) is 4. The molecule has 0 radical (unpaired) electrons. The fourth-order valence-corrected chi connectivity index (χ4v) is 3.94. The molecule has 5 unspecified atom stereocenters. The van der Waals surface area contributed by atoms with Gasteiger partial charge >= 0.3 is 12.1 Å². The van der Waals surface area contributed by atoms with Gasteiger partial charge < -0.3 is 9.84 Å². The number of rotatable bonds is 5. The molecule has 0 saturated heterocycles. The molecule has 4 nitrogen and oxygen atoms in total. The van der Waals surface area contributed by atoms with E-state index in [4.69, 9.17) is 4.74 Å². The Morgan fingerprint density at radius 2 is 1.91 bits per heavy atom. The molecule has 0 aromatic carbocycles. The minimum atomic E-state index is -4.75. The van der Waals surface area contributed by atoms with Crippen LogP contribution in [-0.2, 0) is 9.53 Å². The van der Waals surface area contributed by atoms with E-state index in [-0.39, 0.29) is 12.5 Å². The molecule has 0 amide bonds. The van der Waals surface area contributed by atoms with Gasteiger partial charge in [0, 0.05) is 34.8 Å². The molecule has 0 bridgehead atoms. The van der Waals surface area contributed by atoms with Crippen LogP contribution in [-0.4, -0.2) is 38.9 Å². The van der Waals surface area contributed by atoms with Gasteiger partial charge in [-0.2, -0.15) is 13.2 Å². The van der Waals surface area contributed by atoms with Gasteiger partial charge in [-0.1, -0.05) is 29.0 Å². The lowest BCUT2D eigenvalue weighted by atomic mass is 9.75. The van der Waals surface area contributed by atoms with Crippen molar-refractivity contribution in [3.05, 3.63) is 0 Å². The molecule has 1 fully saturated rings. The summed E-state index contributed by atoms with van der Waals surface area (Å²) in [6.45, 7) is 2.55. The van der Waals surface area contributed by atoms with Crippen LogP contribution >= 0.6 is 45.5 Å². The zero-order valence-corrected chi connectivity index (χ0v) is 16.6. The van der Waals surface area contributed by atoms with Gasteiger partial charge in [-0.25, -0.2) is 0 Å². The molecular weight excluding hydrogens is 529 g/mol. The molecule has 9 heteroatoms. The summed E-state index contributed by atoms with van der Waals surface area (Å²) in [5, 5.41) is 9.92. The normalized spacial score (nSPS) is 28.5. The SMILES string of the molecule is CC(NI)C(I)C(=O)OC1CCCCC1C(C)(O)C(F)(F)F. The second-order valence-electron chi connectivity index (χ2n) is 5.81. The molecule has 0 aliphatic heterocycles. The Balaban J connectivity index is 2.85. The largest absolute Gasteiger partial charge is 0.461 e. The summed E-state index contributed by atoms with van der Waals surface area (Å²) >= 11 is 3.82. The number of esters is 1. The summed E-state index contributed by atoms with van der Waals surface area (Å²) in [4.78, 5) is 12.1. The topological polar surface area (TPSA) is 58.6 Å². The van der Waals surface area contributed by atoms with Crippen LogP contribution in [0.2, 0.25) is 0 Å². The van der Waals surface area contributed by atoms with Crippen molar-refractivity contribution < 1.29 is 27.8 Å². The van der Waals surface area contributed by atoms with E-state index in [2.05, 4.69) is 3.53 Å². The summed E-state index contributed by atoms with van der Waals surface area (Å²) in [7, 11) is 0. The first kappa shape index (κ1) is 20.7. The molecule has 0 spiro atoms. The number of alkyl halides is 4. The molecule has 0 heterocycles. The van der Waals surface area contributed by atoms with Gasteiger partial charge in [-0.15, -0.1) is 0 Å². The third kappa shape index (κ3) is 4.82. The highest BCUT2D eigenvalue weighted by Gasteiger charge is 2.57. The predicted octanol–water partition coefficient (Wildman–Crippen LogP) is 3.53. The van der Waals surface area contributed by atoms with Gasteiger partial charge in [0.15, 0.2) is 5.60 Å². The minimum absolute atomic E-state index is 0.168. The molecule has 1 aliphatic carbocycles. The van der Waals surface area contributed by atoms with E-state index in [9.17, 15) is 23.1 Å². The molecular formula is C13H20F3I2NO3. The highest BCUT2D eigenvalue weighted by molar-refractivity contribution is 14.1. The van der Waals surface area contributed by atoms with Crippen LogP contribution in [0.5, 0.6) is 0 Å². The van der Waals surface area contributed by atoms with Crippen molar-refractivity contribution in [1.82, 2.24) is 3.53 Å². The number of hydrogen-bond donors (Lipinski definition) is 2. The lowest BCUT2D eigenvalue weighted by Crippen LogP contribution is -2.55. The van der Waals surface area contributed by atoms with E-state index in [1.54, 1.807) is 6.92 Å². The highest BCUT2D eigenvalue weighted by Crippen LogP contribution is 2.43. The zero-order chi connectivity index (χ0) is 17.1. The van der Waals surface area contributed by atoms with Crippen LogP contribution in [0.3, 0.4) is 0 Å². The Bertz CT molecular complexity index is 393. The van der Waals surface area contributed by atoms with Crippen LogP contribution in [0, 0.1) is 5.92 Å². The van der Waals surface area contributed by atoms with Crippen LogP contribution in [0.1, 0.15) is 39.5 Å². The molecule has 22 heavy (non-hydrogen) atoms. The summed E-state index contributed by atoms with van der Waals surface area (Å²) in [5.41, 5.74) is -2.85. The van der Waals surface area contributed by atoms with Crippen LogP contribution in [0.25, 0.3) is 0 Å². The van der Waals surface area contributed by atoms with Gasteiger partial charge in [0.1, 0.15) is 10.0 Å². The zero-order valence-electron chi connectivity index (χ0n) is 12.3. The lowest BCUT2D eigenvalue weighted by Gasteiger charge is -2.41. The third-order valence-electron chi connectivity index (χ3n) is 4.10. The van der Waals surface area contributed by atoms with Crippen molar-refractivity contribution in [2.24, 2.45) is 5.92 Å². The van der Waals surface area contributed by atoms with Crippen molar-refractivity contribution in [3.8, 4) is 0 Å². The van der Waals surface area contributed by atoms with Crippen molar-refractivity contribution in [1.29, 1.82) is 0 Å². The average Bonchev–Trinajstić information content (AvgIpc) is 2.44. The van der Waals surface area contributed by atoms with Crippen LogP contribution < -0.4 is 3.53 Å². The van der Waals surface area contributed by atoms with Crippen molar-refractivity contribution in [3.63, 3.8) is 0 Å². The quantitative estimate of drug-likeness (QED) is 0.239. The van der Waals surface area contributed by atoms with Crippen molar-refractivity contribution in [2.75, 3.05) is 0 Å². The number of nitrogens with one attached hydrogen (secondary N) is 1. The van der Waals surface area contributed by atoms with E-state index in [1.807, 2.05) is 45.5 Å². The van der Waals surface area contributed by atoms with Crippen molar-refractivity contribution >= 4 is 51.4 Å². The molecule has 1 saturated carbocycles. The monoisotopic (exact) mass is 549 g/mol. The number of aliphatic hydroxyl groups is 1. The smallest absolute Gasteiger partial charge is 0.417 e. The van der Waals surface area contributed by atoms with Gasteiger partial charge in [-0.05, 0) is 33.1 Å². The van der Waals surface area contributed by atoms with E-state index in [1.165, 1.54) is 0 Å².